The van der Waals surface area contributed by atoms with Gasteiger partial charge < -0.3 is 9.72 Å². The first-order chi connectivity index (χ1) is 11.1. The number of fused-ring (bicyclic) bond motifs is 1. The van der Waals surface area contributed by atoms with Crippen molar-refractivity contribution in [2.45, 2.75) is 12.3 Å². The first-order valence-electron chi connectivity index (χ1n) is 6.70. The molecule has 0 spiro atoms. The summed E-state index contributed by atoms with van der Waals surface area (Å²) in [5.41, 5.74) is -0.105. The van der Waals surface area contributed by atoms with Gasteiger partial charge in [-0.05, 0) is 18.2 Å². The quantitative estimate of drug-likeness (QED) is 0.644. The van der Waals surface area contributed by atoms with Crippen LogP contribution in [0.15, 0.2) is 23.0 Å². The fourth-order valence-corrected chi connectivity index (χ4v) is 2.17. The SMILES string of the molecule is C#CCOCCC(=O)[C@H](C#N)c1nc2cc(Cl)ccc2c(=O)[nH]1. The van der Waals surface area contributed by atoms with E-state index in [1.807, 2.05) is 6.07 Å². The molecule has 0 bridgehead atoms. The van der Waals surface area contributed by atoms with Gasteiger partial charge in [-0.2, -0.15) is 5.26 Å². The van der Waals surface area contributed by atoms with E-state index in [9.17, 15) is 14.9 Å². The molecule has 1 heterocycles. The second-order valence-electron chi connectivity index (χ2n) is 4.65. The summed E-state index contributed by atoms with van der Waals surface area (Å²) in [5, 5.41) is 9.98. The van der Waals surface area contributed by atoms with E-state index >= 15 is 0 Å². The standard InChI is InChI=1S/C16H12ClN3O3/c1-2-6-23-7-5-14(21)12(9-18)15-19-13-8-10(17)3-4-11(13)16(22)20-15/h1,3-4,8,12H,5-7H2,(H,19,20,22)/t12-/m0/s1. The van der Waals surface area contributed by atoms with Gasteiger partial charge in [-0.25, -0.2) is 4.98 Å². The highest BCUT2D eigenvalue weighted by atomic mass is 35.5. The number of nitrogens with one attached hydrogen (secondary N) is 1. The first-order valence-corrected chi connectivity index (χ1v) is 7.07. The summed E-state index contributed by atoms with van der Waals surface area (Å²) < 4.78 is 5.02. The summed E-state index contributed by atoms with van der Waals surface area (Å²) >= 11 is 5.88. The second kappa shape index (κ2) is 7.55. The molecule has 7 heteroatoms. The lowest BCUT2D eigenvalue weighted by Crippen LogP contribution is -2.20. The van der Waals surface area contributed by atoms with Gasteiger partial charge in [0.15, 0.2) is 11.7 Å². The average Bonchev–Trinajstić information content (AvgIpc) is 2.52. The van der Waals surface area contributed by atoms with Gasteiger partial charge in [-0.1, -0.05) is 17.5 Å². The van der Waals surface area contributed by atoms with E-state index < -0.39 is 17.3 Å². The minimum absolute atomic E-state index is 0.00278. The number of ether oxygens (including phenoxy) is 1. The molecule has 0 amide bonds. The molecule has 0 aliphatic rings. The molecular weight excluding hydrogens is 318 g/mol. The van der Waals surface area contributed by atoms with Crippen molar-refractivity contribution in [2.24, 2.45) is 0 Å². The maximum Gasteiger partial charge on any atom is 0.258 e. The van der Waals surface area contributed by atoms with Crippen molar-refractivity contribution in [3.05, 3.63) is 39.4 Å². The molecule has 0 fully saturated rings. The fourth-order valence-electron chi connectivity index (χ4n) is 2.00. The molecule has 0 saturated carbocycles. The third-order valence-electron chi connectivity index (χ3n) is 3.09. The lowest BCUT2D eigenvalue weighted by molar-refractivity contribution is -0.120. The van der Waals surface area contributed by atoms with E-state index in [2.05, 4.69) is 15.9 Å². The largest absolute Gasteiger partial charge is 0.368 e. The Morgan fingerprint density at radius 2 is 2.30 bits per heavy atom. The van der Waals surface area contributed by atoms with Crippen LogP contribution in [0.5, 0.6) is 0 Å². The number of rotatable bonds is 6. The highest BCUT2D eigenvalue weighted by Gasteiger charge is 2.23. The number of terminal acetylenes is 1. The normalized spacial score (nSPS) is 11.6. The highest BCUT2D eigenvalue weighted by molar-refractivity contribution is 6.31. The molecule has 0 aliphatic carbocycles. The van der Waals surface area contributed by atoms with Crippen LogP contribution in [0.3, 0.4) is 0 Å². The Bertz CT molecular complexity index is 877. The lowest BCUT2D eigenvalue weighted by atomic mass is 10.0. The molecule has 0 aliphatic heterocycles. The minimum Gasteiger partial charge on any atom is -0.368 e. The summed E-state index contributed by atoms with van der Waals surface area (Å²) in [5.74, 6) is 0.685. The van der Waals surface area contributed by atoms with Gasteiger partial charge in [-0.3, -0.25) is 9.59 Å². The highest BCUT2D eigenvalue weighted by Crippen LogP contribution is 2.18. The van der Waals surface area contributed by atoms with Gasteiger partial charge >= 0.3 is 0 Å². The monoisotopic (exact) mass is 329 g/mol. The predicted octanol–water partition coefficient (Wildman–Crippen LogP) is 1.79. The zero-order valence-electron chi connectivity index (χ0n) is 12.0. The maximum absolute atomic E-state index is 12.1. The van der Waals surface area contributed by atoms with Gasteiger partial charge in [-0.15, -0.1) is 6.42 Å². The summed E-state index contributed by atoms with van der Waals surface area (Å²) in [6.07, 6.45) is 5.03. The third kappa shape index (κ3) is 3.95. The smallest absolute Gasteiger partial charge is 0.258 e. The van der Waals surface area contributed by atoms with E-state index in [-0.39, 0.29) is 25.5 Å². The van der Waals surface area contributed by atoms with Gasteiger partial charge in [0, 0.05) is 11.4 Å². The Balaban J connectivity index is 2.30. The molecule has 1 N–H and O–H groups in total. The predicted molar refractivity (Wildman–Crippen MR) is 85.0 cm³/mol. The molecule has 2 aromatic rings. The number of ketones is 1. The van der Waals surface area contributed by atoms with Gasteiger partial charge in [0.25, 0.3) is 5.56 Å². The Morgan fingerprint density at radius 3 is 3.00 bits per heavy atom. The number of carbonyl (C=O) groups is 1. The van der Waals surface area contributed by atoms with Crippen molar-refractivity contribution < 1.29 is 9.53 Å². The molecule has 0 radical (unpaired) electrons. The molecule has 1 atom stereocenters. The van der Waals surface area contributed by atoms with Crippen LogP contribution < -0.4 is 5.56 Å². The van der Waals surface area contributed by atoms with E-state index in [4.69, 9.17) is 22.8 Å². The molecular formula is C16H12ClN3O3. The summed E-state index contributed by atoms with van der Waals surface area (Å²) in [4.78, 5) is 30.8. The summed E-state index contributed by atoms with van der Waals surface area (Å²) in [7, 11) is 0. The van der Waals surface area contributed by atoms with Gasteiger partial charge in [0.05, 0.1) is 23.6 Å². The van der Waals surface area contributed by atoms with Crippen molar-refractivity contribution in [1.82, 2.24) is 9.97 Å². The number of H-pyrrole nitrogens is 1. The zero-order valence-corrected chi connectivity index (χ0v) is 12.8. The topological polar surface area (TPSA) is 95.8 Å². The summed E-state index contributed by atoms with van der Waals surface area (Å²) in [6, 6.07) is 6.46. The number of benzene rings is 1. The molecule has 116 valence electrons. The van der Waals surface area contributed by atoms with Crippen LogP contribution in [0, 0.1) is 23.7 Å². The van der Waals surface area contributed by atoms with Crippen molar-refractivity contribution in [3.63, 3.8) is 0 Å². The number of Topliss-reactive ketones (excluding diaryl/α,β-unsaturated/α-hetero) is 1. The van der Waals surface area contributed by atoms with E-state index in [1.54, 1.807) is 6.07 Å². The average molecular weight is 330 g/mol. The Morgan fingerprint density at radius 1 is 1.52 bits per heavy atom. The Labute approximate surface area is 137 Å². The fraction of sp³-hybridized carbons (Fsp3) is 0.250. The van der Waals surface area contributed by atoms with Gasteiger partial charge in [0.1, 0.15) is 12.4 Å². The third-order valence-corrected chi connectivity index (χ3v) is 3.32. The number of carbonyl (C=O) groups excluding carboxylic acids is 1. The van der Waals surface area contributed by atoms with Crippen molar-refractivity contribution in [3.8, 4) is 18.4 Å². The number of aromatic amines is 1. The van der Waals surface area contributed by atoms with Crippen LogP contribution in [0.2, 0.25) is 5.02 Å². The molecule has 2 rings (SSSR count). The second-order valence-corrected chi connectivity index (χ2v) is 5.08. The Hall–Kier alpha value is -2.67. The number of hydrogen-bond donors (Lipinski definition) is 1. The van der Waals surface area contributed by atoms with Crippen molar-refractivity contribution >= 4 is 28.3 Å². The number of nitriles is 1. The van der Waals surface area contributed by atoms with Crippen LogP contribution >= 0.6 is 11.6 Å². The first kappa shape index (κ1) is 16.7. The summed E-state index contributed by atoms with van der Waals surface area (Å²) in [6.45, 7) is 0.193. The van der Waals surface area contributed by atoms with Crippen LogP contribution in [0.1, 0.15) is 18.2 Å². The van der Waals surface area contributed by atoms with Gasteiger partial charge in [0.2, 0.25) is 0 Å². The molecule has 6 nitrogen and oxygen atoms in total. The van der Waals surface area contributed by atoms with Crippen LogP contribution in [-0.2, 0) is 9.53 Å². The number of hydrogen-bond acceptors (Lipinski definition) is 5. The zero-order chi connectivity index (χ0) is 16.8. The molecule has 0 saturated heterocycles. The maximum atomic E-state index is 12.1. The number of aromatic nitrogens is 2. The molecule has 1 aromatic heterocycles. The van der Waals surface area contributed by atoms with E-state index in [0.717, 1.165) is 0 Å². The van der Waals surface area contributed by atoms with Crippen molar-refractivity contribution in [1.29, 1.82) is 5.26 Å². The van der Waals surface area contributed by atoms with Crippen molar-refractivity contribution in [2.75, 3.05) is 13.2 Å². The molecule has 0 unspecified atom stereocenters. The van der Waals surface area contributed by atoms with Crippen LogP contribution in [-0.4, -0.2) is 29.0 Å². The molecule has 23 heavy (non-hydrogen) atoms. The van der Waals surface area contributed by atoms with Crippen LogP contribution in [0.25, 0.3) is 10.9 Å². The minimum atomic E-state index is -1.18. The number of nitrogens with zero attached hydrogens (tertiary/aromatic N) is 2. The molecule has 1 aromatic carbocycles. The van der Waals surface area contributed by atoms with E-state index in [1.165, 1.54) is 12.1 Å². The van der Waals surface area contributed by atoms with E-state index in [0.29, 0.717) is 15.9 Å². The lowest BCUT2D eigenvalue weighted by Gasteiger charge is -2.08. The number of halogens is 1. The Kier molecular flexibility index (Phi) is 5.48. The van der Waals surface area contributed by atoms with Crippen LogP contribution in [0.4, 0.5) is 0 Å².